The van der Waals surface area contributed by atoms with E-state index in [-0.39, 0.29) is 12.3 Å². The molecule has 0 saturated heterocycles. The lowest BCUT2D eigenvalue weighted by Gasteiger charge is -2.03. The Morgan fingerprint density at radius 2 is 2.24 bits per heavy atom. The summed E-state index contributed by atoms with van der Waals surface area (Å²) in [5.74, 6) is 0.186. The predicted octanol–water partition coefficient (Wildman–Crippen LogP) is 1.86. The summed E-state index contributed by atoms with van der Waals surface area (Å²) < 4.78 is 0. The average molecular weight is 322 g/mol. The second-order valence-electron chi connectivity index (χ2n) is 4.73. The van der Waals surface area contributed by atoms with Crippen molar-refractivity contribution in [1.29, 1.82) is 0 Å². The van der Waals surface area contributed by atoms with Crippen molar-refractivity contribution in [3.8, 4) is 0 Å². The lowest BCUT2D eigenvalue weighted by atomic mass is 10.2. The fourth-order valence-electron chi connectivity index (χ4n) is 2.45. The number of thioether (sulfide) groups is 1. The van der Waals surface area contributed by atoms with Crippen molar-refractivity contribution in [3.63, 3.8) is 0 Å². The van der Waals surface area contributed by atoms with E-state index in [2.05, 4.69) is 15.3 Å². The minimum atomic E-state index is -0.815. The molecule has 2 aromatic rings. The van der Waals surface area contributed by atoms with Crippen LogP contribution in [0.4, 0.5) is 4.79 Å². The molecule has 1 aliphatic carbocycles. The van der Waals surface area contributed by atoms with Gasteiger partial charge >= 0.3 is 6.03 Å². The summed E-state index contributed by atoms with van der Waals surface area (Å²) in [6, 6.07) is -0.815. The van der Waals surface area contributed by atoms with Gasteiger partial charge in [-0.2, -0.15) is 0 Å². The van der Waals surface area contributed by atoms with E-state index in [9.17, 15) is 9.59 Å². The molecule has 6 nitrogen and oxygen atoms in total. The lowest BCUT2D eigenvalue weighted by molar-refractivity contribution is -0.119. The molecule has 0 unspecified atom stereocenters. The standard InChI is InChI=1S/C13H14N4O2S2/c14-13(19)17-9(18)4-5-20-11-10-7-2-1-3-8(7)21-12(10)16-6-15-11/h6H,1-5H2,(H3,14,17,18,19). The molecule has 0 aromatic carbocycles. The Labute approximate surface area is 129 Å². The number of urea groups is 1. The zero-order valence-corrected chi connectivity index (χ0v) is 12.9. The van der Waals surface area contributed by atoms with Crippen molar-refractivity contribution < 1.29 is 9.59 Å². The molecular formula is C13H14N4O2S2. The van der Waals surface area contributed by atoms with Crippen molar-refractivity contribution in [1.82, 2.24) is 15.3 Å². The minimum Gasteiger partial charge on any atom is -0.351 e. The Morgan fingerprint density at radius 1 is 1.38 bits per heavy atom. The molecule has 0 atom stereocenters. The zero-order valence-electron chi connectivity index (χ0n) is 11.2. The maximum Gasteiger partial charge on any atom is 0.318 e. The fraction of sp³-hybridized carbons (Fsp3) is 0.385. The summed E-state index contributed by atoms with van der Waals surface area (Å²) in [4.78, 5) is 33.1. The van der Waals surface area contributed by atoms with Gasteiger partial charge in [-0.1, -0.05) is 0 Å². The highest BCUT2D eigenvalue weighted by Gasteiger charge is 2.21. The van der Waals surface area contributed by atoms with Crippen LogP contribution >= 0.6 is 23.1 Å². The Bertz CT molecular complexity index is 714. The van der Waals surface area contributed by atoms with Crippen LogP contribution in [0.15, 0.2) is 11.4 Å². The first-order valence-electron chi connectivity index (χ1n) is 6.62. The van der Waals surface area contributed by atoms with Crippen LogP contribution in [-0.4, -0.2) is 27.7 Å². The number of fused-ring (bicyclic) bond motifs is 3. The summed E-state index contributed by atoms with van der Waals surface area (Å²) in [6.07, 6.45) is 5.20. The molecule has 0 fully saturated rings. The number of carbonyl (C=O) groups excluding carboxylic acids is 2. The van der Waals surface area contributed by atoms with Gasteiger partial charge in [-0.05, 0) is 24.8 Å². The van der Waals surface area contributed by atoms with Crippen LogP contribution < -0.4 is 11.1 Å². The SMILES string of the molecule is NC(=O)NC(=O)CCSc1ncnc2sc3c(c12)CCC3. The van der Waals surface area contributed by atoms with Gasteiger partial charge in [0.15, 0.2) is 0 Å². The molecule has 21 heavy (non-hydrogen) atoms. The number of nitrogens with one attached hydrogen (secondary N) is 1. The summed E-state index contributed by atoms with van der Waals surface area (Å²) in [5.41, 5.74) is 6.28. The topological polar surface area (TPSA) is 98.0 Å². The van der Waals surface area contributed by atoms with Crippen LogP contribution in [0.3, 0.4) is 0 Å². The van der Waals surface area contributed by atoms with Crippen LogP contribution in [-0.2, 0) is 17.6 Å². The second kappa shape index (κ2) is 5.98. The Balaban J connectivity index is 1.73. The normalized spacial score (nSPS) is 13.3. The van der Waals surface area contributed by atoms with Crippen molar-refractivity contribution in [3.05, 3.63) is 16.8 Å². The van der Waals surface area contributed by atoms with Gasteiger partial charge in [0.05, 0.1) is 0 Å². The van der Waals surface area contributed by atoms with E-state index in [4.69, 9.17) is 5.73 Å². The zero-order chi connectivity index (χ0) is 14.8. The first kappa shape index (κ1) is 14.3. The molecule has 0 aliphatic heterocycles. The summed E-state index contributed by atoms with van der Waals surface area (Å²) in [6.45, 7) is 0. The van der Waals surface area contributed by atoms with E-state index >= 15 is 0 Å². The van der Waals surface area contributed by atoms with E-state index in [1.165, 1.54) is 28.6 Å². The van der Waals surface area contributed by atoms with E-state index in [1.807, 2.05) is 0 Å². The van der Waals surface area contributed by atoms with Gasteiger partial charge in [-0.3, -0.25) is 10.1 Å². The van der Waals surface area contributed by atoms with Crippen LogP contribution in [0, 0.1) is 0 Å². The lowest BCUT2D eigenvalue weighted by Crippen LogP contribution is -2.35. The number of hydrogen-bond donors (Lipinski definition) is 2. The molecule has 0 radical (unpaired) electrons. The van der Waals surface area contributed by atoms with E-state index in [0.29, 0.717) is 5.75 Å². The molecule has 0 bridgehead atoms. The third-order valence-corrected chi connectivity index (χ3v) is 5.49. The number of imide groups is 1. The van der Waals surface area contributed by atoms with Gasteiger partial charge in [-0.25, -0.2) is 14.8 Å². The van der Waals surface area contributed by atoms with Gasteiger partial charge in [0.25, 0.3) is 0 Å². The summed E-state index contributed by atoms with van der Waals surface area (Å²) >= 11 is 3.26. The second-order valence-corrected chi connectivity index (χ2v) is 6.89. The smallest absolute Gasteiger partial charge is 0.318 e. The Kier molecular flexibility index (Phi) is 4.07. The number of amides is 3. The average Bonchev–Trinajstić information content (AvgIpc) is 2.97. The molecular weight excluding hydrogens is 308 g/mol. The number of primary amides is 1. The maximum atomic E-state index is 11.4. The number of nitrogens with zero attached hydrogens (tertiary/aromatic N) is 2. The highest BCUT2D eigenvalue weighted by atomic mass is 32.2. The van der Waals surface area contributed by atoms with Crippen LogP contribution in [0.5, 0.6) is 0 Å². The maximum absolute atomic E-state index is 11.4. The highest BCUT2D eigenvalue weighted by Crippen LogP contribution is 2.39. The van der Waals surface area contributed by atoms with Gasteiger partial charge in [-0.15, -0.1) is 23.1 Å². The quantitative estimate of drug-likeness (QED) is 0.661. The molecule has 110 valence electrons. The largest absolute Gasteiger partial charge is 0.351 e. The molecule has 0 saturated carbocycles. The number of thiophene rings is 1. The number of carbonyl (C=O) groups is 2. The summed E-state index contributed by atoms with van der Waals surface area (Å²) in [7, 11) is 0. The molecule has 3 N–H and O–H groups in total. The van der Waals surface area contributed by atoms with Crippen LogP contribution in [0.1, 0.15) is 23.3 Å². The van der Waals surface area contributed by atoms with Gasteiger partial charge in [0.1, 0.15) is 16.2 Å². The van der Waals surface area contributed by atoms with Crippen molar-refractivity contribution in [2.24, 2.45) is 5.73 Å². The van der Waals surface area contributed by atoms with Crippen molar-refractivity contribution in [2.75, 3.05) is 5.75 Å². The minimum absolute atomic E-state index is 0.228. The van der Waals surface area contributed by atoms with Crippen molar-refractivity contribution >= 4 is 45.3 Å². The monoisotopic (exact) mass is 322 g/mol. The number of aryl methyl sites for hydroxylation is 2. The molecule has 2 aromatic heterocycles. The number of rotatable bonds is 4. The highest BCUT2D eigenvalue weighted by molar-refractivity contribution is 7.99. The third-order valence-electron chi connectivity index (χ3n) is 3.30. The van der Waals surface area contributed by atoms with Crippen molar-refractivity contribution in [2.45, 2.75) is 30.7 Å². The molecule has 3 rings (SSSR count). The number of hydrogen-bond acceptors (Lipinski definition) is 6. The van der Waals surface area contributed by atoms with Crippen LogP contribution in [0.25, 0.3) is 10.2 Å². The molecule has 0 spiro atoms. The van der Waals surface area contributed by atoms with Crippen LogP contribution in [0.2, 0.25) is 0 Å². The number of nitrogens with two attached hydrogens (primary N) is 1. The van der Waals surface area contributed by atoms with Gasteiger partial charge in [0, 0.05) is 22.4 Å². The molecule has 8 heteroatoms. The third kappa shape index (κ3) is 3.01. The fourth-order valence-corrected chi connectivity index (χ4v) is 4.71. The van der Waals surface area contributed by atoms with E-state index in [0.717, 1.165) is 28.1 Å². The van der Waals surface area contributed by atoms with Gasteiger partial charge < -0.3 is 5.73 Å². The van der Waals surface area contributed by atoms with Gasteiger partial charge in [0.2, 0.25) is 5.91 Å². The summed E-state index contributed by atoms with van der Waals surface area (Å²) in [5, 5.41) is 4.13. The molecule has 3 amide bonds. The first-order valence-corrected chi connectivity index (χ1v) is 8.42. The van der Waals surface area contributed by atoms with E-state index in [1.54, 1.807) is 17.7 Å². The molecule has 1 aliphatic rings. The Morgan fingerprint density at radius 3 is 3.05 bits per heavy atom. The Hall–Kier alpha value is -1.67. The van der Waals surface area contributed by atoms with E-state index < -0.39 is 6.03 Å². The first-order chi connectivity index (χ1) is 10.1. The molecule has 2 heterocycles. The predicted molar refractivity (Wildman–Crippen MR) is 82.5 cm³/mol. The number of aromatic nitrogens is 2.